The first-order chi connectivity index (χ1) is 10.3. The summed E-state index contributed by atoms with van der Waals surface area (Å²) in [5, 5.41) is 7.85. The summed E-state index contributed by atoms with van der Waals surface area (Å²) in [5.41, 5.74) is 3.87. The molecule has 0 saturated heterocycles. The molecule has 4 heterocycles. The molecule has 4 rings (SSSR count). The van der Waals surface area contributed by atoms with Crippen molar-refractivity contribution < 1.29 is 4.79 Å². The van der Waals surface area contributed by atoms with Crippen LogP contribution < -0.4 is 5.32 Å². The lowest BCUT2D eigenvalue weighted by Gasteiger charge is -2.02. The zero-order valence-electron chi connectivity index (χ0n) is 10.9. The summed E-state index contributed by atoms with van der Waals surface area (Å²) in [6.07, 6.45) is 6.19. The van der Waals surface area contributed by atoms with E-state index in [9.17, 15) is 4.79 Å². The molecule has 1 amide bonds. The number of H-pyrrole nitrogens is 1. The SMILES string of the molecule is O=CNc1cc2cc(-c3cnc4[nH]ccc4c3)ccn2n1. The molecule has 0 aliphatic rings. The second-order valence-corrected chi connectivity index (χ2v) is 4.72. The number of nitrogens with zero attached hydrogens (tertiary/aromatic N) is 3. The number of aromatic nitrogens is 4. The van der Waals surface area contributed by atoms with Crippen molar-refractivity contribution in [3.63, 3.8) is 0 Å². The highest BCUT2D eigenvalue weighted by Gasteiger charge is 2.05. The van der Waals surface area contributed by atoms with Crippen LogP contribution in [0.4, 0.5) is 5.82 Å². The number of nitrogens with one attached hydrogen (secondary N) is 2. The molecule has 102 valence electrons. The molecule has 0 radical (unpaired) electrons. The topological polar surface area (TPSA) is 75.1 Å². The van der Waals surface area contributed by atoms with Crippen LogP contribution in [0.5, 0.6) is 0 Å². The van der Waals surface area contributed by atoms with Crippen LogP contribution in [0.25, 0.3) is 27.7 Å². The van der Waals surface area contributed by atoms with Gasteiger partial charge in [-0.1, -0.05) is 0 Å². The summed E-state index contributed by atoms with van der Waals surface area (Å²) in [6.45, 7) is 0. The second kappa shape index (κ2) is 4.45. The second-order valence-electron chi connectivity index (χ2n) is 4.72. The van der Waals surface area contributed by atoms with Gasteiger partial charge < -0.3 is 10.3 Å². The Morgan fingerprint density at radius 3 is 3.05 bits per heavy atom. The van der Waals surface area contributed by atoms with Crippen molar-refractivity contribution in [2.75, 3.05) is 5.32 Å². The molecule has 0 aromatic carbocycles. The predicted octanol–water partition coefficient (Wildman–Crippen LogP) is 2.45. The number of fused-ring (bicyclic) bond motifs is 2. The smallest absolute Gasteiger partial charge is 0.212 e. The number of carbonyl (C=O) groups is 1. The molecule has 0 aliphatic heterocycles. The van der Waals surface area contributed by atoms with E-state index in [4.69, 9.17) is 0 Å². The van der Waals surface area contributed by atoms with Gasteiger partial charge in [-0.3, -0.25) is 4.79 Å². The Balaban J connectivity index is 1.83. The molecular formula is C15H11N5O. The highest BCUT2D eigenvalue weighted by molar-refractivity contribution is 5.82. The number of rotatable bonds is 3. The normalized spacial score (nSPS) is 11.0. The van der Waals surface area contributed by atoms with Gasteiger partial charge in [0.1, 0.15) is 5.65 Å². The number of carbonyl (C=O) groups excluding carboxylic acids is 1. The van der Waals surface area contributed by atoms with Crippen molar-refractivity contribution in [3.05, 3.63) is 48.9 Å². The summed E-state index contributed by atoms with van der Waals surface area (Å²) in [7, 11) is 0. The molecule has 4 aromatic heterocycles. The van der Waals surface area contributed by atoms with Gasteiger partial charge in [-0.15, -0.1) is 0 Å². The van der Waals surface area contributed by atoms with E-state index in [-0.39, 0.29) is 0 Å². The molecule has 6 nitrogen and oxygen atoms in total. The third kappa shape index (κ3) is 1.93. The average molecular weight is 277 g/mol. The van der Waals surface area contributed by atoms with E-state index in [2.05, 4.69) is 26.4 Å². The Bertz CT molecular complexity index is 953. The molecule has 0 bridgehead atoms. The van der Waals surface area contributed by atoms with Gasteiger partial charge in [0.15, 0.2) is 5.82 Å². The summed E-state index contributed by atoms with van der Waals surface area (Å²) in [6, 6.07) is 9.89. The Kier molecular flexibility index (Phi) is 2.47. The maximum absolute atomic E-state index is 10.5. The molecule has 6 heteroatoms. The van der Waals surface area contributed by atoms with Gasteiger partial charge in [0, 0.05) is 35.6 Å². The quantitative estimate of drug-likeness (QED) is 0.565. The largest absolute Gasteiger partial charge is 0.346 e. The van der Waals surface area contributed by atoms with Crippen LogP contribution in [0.3, 0.4) is 0 Å². The van der Waals surface area contributed by atoms with Gasteiger partial charge in [0.25, 0.3) is 0 Å². The molecule has 0 spiro atoms. The van der Waals surface area contributed by atoms with Gasteiger partial charge in [-0.25, -0.2) is 9.50 Å². The van der Waals surface area contributed by atoms with Crippen LogP contribution in [0.1, 0.15) is 0 Å². The van der Waals surface area contributed by atoms with Crippen LogP contribution >= 0.6 is 0 Å². The van der Waals surface area contributed by atoms with E-state index >= 15 is 0 Å². The summed E-state index contributed by atoms with van der Waals surface area (Å²) in [4.78, 5) is 17.9. The monoisotopic (exact) mass is 277 g/mol. The zero-order valence-corrected chi connectivity index (χ0v) is 10.9. The van der Waals surface area contributed by atoms with E-state index in [1.54, 1.807) is 4.52 Å². The number of anilines is 1. The molecule has 0 atom stereocenters. The number of hydrogen-bond donors (Lipinski definition) is 2. The molecule has 0 unspecified atom stereocenters. The number of hydrogen-bond acceptors (Lipinski definition) is 3. The molecule has 0 aliphatic carbocycles. The molecule has 21 heavy (non-hydrogen) atoms. The minimum absolute atomic E-state index is 0.529. The average Bonchev–Trinajstić information content (AvgIpc) is 3.11. The van der Waals surface area contributed by atoms with Crippen LogP contribution in [0, 0.1) is 0 Å². The summed E-state index contributed by atoms with van der Waals surface area (Å²) in [5.74, 6) is 0.529. The van der Waals surface area contributed by atoms with Crippen molar-refractivity contribution in [1.29, 1.82) is 0 Å². The van der Waals surface area contributed by atoms with Crippen molar-refractivity contribution in [2.24, 2.45) is 0 Å². The minimum atomic E-state index is 0.529. The first-order valence-corrected chi connectivity index (χ1v) is 6.47. The first-order valence-electron chi connectivity index (χ1n) is 6.47. The lowest BCUT2D eigenvalue weighted by atomic mass is 10.1. The van der Waals surface area contributed by atoms with E-state index in [0.717, 1.165) is 27.7 Å². The summed E-state index contributed by atoms with van der Waals surface area (Å²) >= 11 is 0. The van der Waals surface area contributed by atoms with Gasteiger partial charge in [0.05, 0.1) is 5.52 Å². The Morgan fingerprint density at radius 1 is 1.19 bits per heavy atom. The molecule has 0 saturated carbocycles. The predicted molar refractivity (Wildman–Crippen MR) is 80.0 cm³/mol. The first kappa shape index (κ1) is 11.7. The lowest BCUT2D eigenvalue weighted by Crippen LogP contribution is -1.94. The Hall–Kier alpha value is -3.15. The molecular weight excluding hydrogens is 266 g/mol. The Morgan fingerprint density at radius 2 is 2.14 bits per heavy atom. The maximum atomic E-state index is 10.5. The standard InChI is InChI=1S/C15H11N5O/c21-9-18-14-7-13-6-10(2-4-20(13)19-14)12-5-11-1-3-16-15(11)17-8-12/h1-9H,(H,16,17)(H,18,19,21). The fraction of sp³-hybridized carbons (Fsp3) is 0. The highest BCUT2D eigenvalue weighted by atomic mass is 16.1. The van der Waals surface area contributed by atoms with E-state index in [1.807, 2.05) is 42.9 Å². The van der Waals surface area contributed by atoms with E-state index in [1.165, 1.54) is 0 Å². The Labute approximate surface area is 119 Å². The van der Waals surface area contributed by atoms with Crippen LogP contribution in [0.2, 0.25) is 0 Å². The maximum Gasteiger partial charge on any atom is 0.212 e. The van der Waals surface area contributed by atoms with Crippen molar-refractivity contribution >= 4 is 28.8 Å². The zero-order chi connectivity index (χ0) is 14.2. The van der Waals surface area contributed by atoms with Gasteiger partial charge in [0.2, 0.25) is 6.41 Å². The molecule has 2 N–H and O–H groups in total. The van der Waals surface area contributed by atoms with Crippen molar-refractivity contribution in [2.45, 2.75) is 0 Å². The van der Waals surface area contributed by atoms with Gasteiger partial charge >= 0.3 is 0 Å². The molecule has 0 fully saturated rings. The van der Waals surface area contributed by atoms with Gasteiger partial charge in [-0.2, -0.15) is 5.10 Å². The van der Waals surface area contributed by atoms with E-state index in [0.29, 0.717) is 12.2 Å². The fourth-order valence-corrected chi connectivity index (χ4v) is 2.40. The fourth-order valence-electron chi connectivity index (χ4n) is 2.40. The third-order valence-electron chi connectivity index (χ3n) is 3.40. The summed E-state index contributed by atoms with van der Waals surface area (Å²) < 4.78 is 1.72. The number of pyridine rings is 2. The van der Waals surface area contributed by atoms with Crippen LogP contribution in [-0.4, -0.2) is 26.0 Å². The van der Waals surface area contributed by atoms with Crippen LogP contribution in [-0.2, 0) is 4.79 Å². The highest BCUT2D eigenvalue weighted by Crippen LogP contribution is 2.24. The van der Waals surface area contributed by atoms with Crippen molar-refractivity contribution in [1.82, 2.24) is 19.6 Å². The minimum Gasteiger partial charge on any atom is -0.346 e. The number of aromatic amines is 1. The molecule has 4 aromatic rings. The van der Waals surface area contributed by atoms with Crippen molar-refractivity contribution in [3.8, 4) is 11.1 Å². The van der Waals surface area contributed by atoms with Gasteiger partial charge in [-0.05, 0) is 29.8 Å². The lowest BCUT2D eigenvalue weighted by molar-refractivity contribution is -0.105. The third-order valence-corrected chi connectivity index (χ3v) is 3.40. The number of amides is 1. The van der Waals surface area contributed by atoms with E-state index < -0.39 is 0 Å². The van der Waals surface area contributed by atoms with Crippen LogP contribution in [0.15, 0.2) is 48.9 Å².